The Bertz CT molecular complexity index is 794. The molecule has 118 valence electrons. The van der Waals surface area contributed by atoms with E-state index < -0.39 is 11.4 Å². The molecule has 3 rings (SSSR count). The van der Waals surface area contributed by atoms with Crippen LogP contribution in [-0.2, 0) is 16.6 Å². The predicted octanol–water partition coefficient (Wildman–Crippen LogP) is 3.97. The maximum Gasteiger partial charge on any atom is 0.313 e. The number of para-hydroxylation sites is 1. The van der Waals surface area contributed by atoms with Crippen LogP contribution >= 0.6 is 0 Å². The van der Waals surface area contributed by atoms with Crippen LogP contribution in [0, 0.1) is 0 Å². The fourth-order valence-electron chi connectivity index (χ4n) is 2.80. The molecule has 0 aromatic heterocycles. The van der Waals surface area contributed by atoms with Crippen LogP contribution in [0.25, 0.3) is 0 Å². The highest BCUT2D eigenvalue weighted by atomic mass is 16.5. The van der Waals surface area contributed by atoms with Crippen LogP contribution in [0.15, 0.2) is 42.5 Å². The summed E-state index contributed by atoms with van der Waals surface area (Å²) >= 11 is 0. The number of rotatable bonds is 3. The van der Waals surface area contributed by atoms with Crippen molar-refractivity contribution in [3.05, 3.63) is 59.2 Å². The first-order valence-corrected chi connectivity index (χ1v) is 7.62. The molecule has 1 heterocycles. The van der Waals surface area contributed by atoms with Gasteiger partial charge in [0.05, 0.1) is 11.0 Å². The molecule has 0 aliphatic carbocycles. The molecular weight excluding hydrogens is 292 g/mol. The molecule has 1 N–H and O–H groups in total. The number of carbonyl (C=O) groups excluding carboxylic acids is 1. The molecule has 0 amide bonds. The largest absolute Gasteiger partial charge is 0.481 e. The molecule has 0 radical (unpaired) electrons. The number of ketones is 1. The third kappa shape index (κ3) is 2.50. The van der Waals surface area contributed by atoms with E-state index in [1.165, 1.54) is 0 Å². The van der Waals surface area contributed by atoms with Gasteiger partial charge in [0.15, 0.2) is 5.78 Å². The lowest BCUT2D eigenvalue weighted by Gasteiger charge is -2.24. The summed E-state index contributed by atoms with van der Waals surface area (Å²) < 4.78 is 5.87. The molecule has 1 unspecified atom stereocenters. The van der Waals surface area contributed by atoms with Crippen molar-refractivity contribution in [2.24, 2.45) is 0 Å². The molecule has 0 fully saturated rings. The Morgan fingerprint density at radius 1 is 1.22 bits per heavy atom. The fourth-order valence-corrected chi connectivity index (χ4v) is 2.80. The predicted molar refractivity (Wildman–Crippen MR) is 86.3 cm³/mol. The molecule has 2 aromatic rings. The minimum Gasteiger partial charge on any atom is -0.481 e. The van der Waals surface area contributed by atoms with Gasteiger partial charge in [0.2, 0.25) is 0 Å². The molecule has 1 aliphatic rings. The average Bonchev–Trinajstić information content (AvgIpc) is 2.69. The summed E-state index contributed by atoms with van der Waals surface area (Å²) in [6, 6.07) is 12.5. The molecule has 2 aromatic carbocycles. The van der Waals surface area contributed by atoms with Gasteiger partial charge in [-0.1, -0.05) is 31.2 Å². The van der Waals surface area contributed by atoms with E-state index in [0.29, 0.717) is 29.0 Å². The van der Waals surface area contributed by atoms with Gasteiger partial charge in [-0.05, 0) is 37.1 Å². The average molecular weight is 310 g/mol. The van der Waals surface area contributed by atoms with Gasteiger partial charge in [0, 0.05) is 12.0 Å². The minimum absolute atomic E-state index is 0.0596. The van der Waals surface area contributed by atoms with Gasteiger partial charge in [-0.25, -0.2) is 0 Å². The van der Waals surface area contributed by atoms with Crippen molar-refractivity contribution < 1.29 is 19.4 Å². The molecule has 1 atom stereocenters. The van der Waals surface area contributed by atoms with E-state index in [1.807, 2.05) is 31.2 Å². The van der Waals surface area contributed by atoms with Crippen molar-refractivity contribution in [3.8, 4) is 11.5 Å². The molecular formula is C19H18O4. The smallest absolute Gasteiger partial charge is 0.313 e. The third-order valence-corrected chi connectivity index (χ3v) is 4.64. The van der Waals surface area contributed by atoms with E-state index in [1.54, 1.807) is 25.1 Å². The fraction of sp³-hybridized carbons (Fsp3) is 0.263. The van der Waals surface area contributed by atoms with Gasteiger partial charge in [-0.15, -0.1) is 0 Å². The second kappa shape index (κ2) is 5.54. The standard InChI is InChI=1S/C19H18O4/c1-3-19(2,18(21)22)13-8-9-17-14(11-13)15(20)10-12-6-4-5-7-16(12)23-17/h4-9,11H,3,10H2,1-2H3,(H,21,22). The lowest BCUT2D eigenvalue weighted by atomic mass is 9.79. The Hall–Kier alpha value is -2.62. The zero-order chi connectivity index (χ0) is 16.6. The number of aliphatic carboxylic acids is 1. The summed E-state index contributed by atoms with van der Waals surface area (Å²) in [4.78, 5) is 24.2. The van der Waals surface area contributed by atoms with E-state index in [9.17, 15) is 14.7 Å². The van der Waals surface area contributed by atoms with E-state index in [0.717, 1.165) is 5.56 Å². The number of carboxylic acids is 1. The highest BCUT2D eigenvalue weighted by molar-refractivity contribution is 6.01. The quantitative estimate of drug-likeness (QED) is 0.931. The van der Waals surface area contributed by atoms with Crippen LogP contribution < -0.4 is 4.74 Å². The lowest BCUT2D eigenvalue weighted by molar-refractivity contribution is -0.143. The van der Waals surface area contributed by atoms with Crippen LogP contribution in [-0.4, -0.2) is 16.9 Å². The topological polar surface area (TPSA) is 63.6 Å². The number of carbonyl (C=O) groups is 2. The van der Waals surface area contributed by atoms with Crippen LogP contribution in [0.1, 0.15) is 41.8 Å². The van der Waals surface area contributed by atoms with E-state index in [4.69, 9.17) is 4.74 Å². The maximum atomic E-state index is 12.6. The summed E-state index contributed by atoms with van der Waals surface area (Å²) in [5.41, 5.74) is 0.884. The lowest BCUT2D eigenvalue weighted by Crippen LogP contribution is -2.31. The first kappa shape index (κ1) is 15.3. The molecule has 1 aliphatic heterocycles. The number of ether oxygens (including phenoxy) is 1. The van der Waals surface area contributed by atoms with Crippen LogP contribution in [0.5, 0.6) is 11.5 Å². The molecule has 0 bridgehead atoms. The van der Waals surface area contributed by atoms with Gasteiger partial charge >= 0.3 is 5.97 Å². The number of fused-ring (bicyclic) bond motifs is 2. The first-order valence-electron chi connectivity index (χ1n) is 7.62. The van der Waals surface area contributed by atoms with Crippen molar-refractivity contribution >= 4 is 11.8 Å². The Morgan fingerprint density at radius 3 is 2.65 bits per heavy atom. The van der Waals surface area contributed by atoms with E-state index in [-0.39, 0.29) is 12.2 Å². The van der Waals surface area contributed by atoms with Gasteiger partial charge in [-0.3, -0.25) is 9.59 Å². The first-order chi connectivity index (χ1) is 11.0. The minimum atomic E-state index is -1.02. The van der Waals surface area contributed by atoms with Crippen LogP contribution in [0.3, 0.4) is 0 Å². The highest BCUT2D eigenvalue weighted by Crippen LogP contribution is 2.37. The second-order valence-corrected chi connectivity index (χ2v) is 6.01. The number of benzene rings is 2. The Balaban J connectivity index is 2.10. The zero-order valence-electron chi connectivity index (χ0n) is 13.1. The van der Waals surface area contributed by atoms with Crippen molar-refractivity contribution in [1.82, 2.24) is 0 Å². The Kier molecular flexibility index (Phi) is 3.68. The SMILES string of the molecule is CCC(C)(C(=O)O)c1ccc2c(c1)C(=O)Cc1ccccc1O2. The van der Waals surface area contributed by atoms with E-state index in [2.05, 4.69) is 0 Å². The third-order valence-electron chi connectivity index (χ3n) is 4.64. The van der Waals surface area contributed by atoms with Crippen molar-refractivity contribution in [3.63, 3.8) is 0 Å². The summed E-state index contributed by atoms with van der Waals surface area (Å²) in [6.45, 7) is 3.50. The van der Waals surface area contributed by atoms with Crippen LogP contribution in [0.2, 0.25) is 0 Å². The monoisotopic (exact) mass is 310 g/mol. The molecule has 0 saturated heterocycles. The normalized spacial score (nSPS) is 15.7. The molecule has 4 nitrogen and oxygen atoms in total. The summed E-state index contributed by atoms with van der Waals surface area (Å²) in [6.07, 6.45) is 0.693. The van der Waals surface area contributed by atoms with E-state index >= 15 is 0 Å². The summed E-state index contributed by atoms with van der Waals surface area (Å²) in [5.74, 6) is 0.192. The Labute approximate surface area is 134 Å². The number of carboxylic acid groups (broad SMARTS) is 1. The highest BCUT2D eigenvalue weighted by Gasteiger charge is 2.34. The van der Waals surface area contributed by atoms with Crippen molar-refractivity contribution in [2.75, 3.05) is 0 Å². The Morgan fingerprint density at radius 2 is 1.96 bits per heavy atom. The second-order valence-electron chi connectivity index (χ2n) is 6.01. The molecule has 0 saturated carbocycles. The maximum absolute atomic E-state index is 12.6. The van der Waals surface area contributed by atoms with Crippen LogP contribution in [0.4, 0.5) is 0 Å². The van der Waals surface area contributed by atoms with Gasteiger partial charge in [0.1, 0.15) is 11.5 Å². The zero-order valence-corrected chi connectivity index (χ0v) is 13.1. The molecule has 4 heteroatoms. The molecule has 23 heavy (non-hydrogen) atoms. The number of hydrogen-bond acceptors (Lipinski definition) is 3. The van der Waals surface area contributed by atoms with Crippen molar-refractivity contribution in [1.29, 1.82) is 0 Å². The number of Topliss-reactive ketones (excluding diaryl/α,β-unsaturated/α-hetero) is 1. The molecule has 0 spiro atoms. The van der Waals surface area contributed by atoms with Crippen molar-refractivity contribution in [2.45, 2.75) is 32.1 Å². The summed E-state index contributed by atoms with van der Waals surface area (Å²) in [5, 5.41) is 9.54. The van der Waals surface area contributed by atoms with Gasteiger partial charge < -0.3 is 9.84 Å². The van der Waals surface area contributed by atoms with Gasteiger partial charge in [-0.2, -0.15) is 0 Å². The van der Waals surface area contributed by atoms with Gasteiger partial charge in [0.25, 0.3) is 0 Å². The summed E-state index contributed by atoms with van der Waals surface area (Å²) in [7, 11) is 0. The number of hydrogen-bond donors (Lipinski definition) is 1.